The van der Waals surface area contributed by atoms with Crippen molar-refractivity contribution in [3.8, 4) is 17.2 Å². The van der Waals surface area contributed by atoms with Crippen molar-refractivity contribution < 1.29 is 19.0 Å². The SMILES string of the molecule is COc1ccc(CNC(=O)C2CCCN(C)C2)c(OC)c1OC. The van der Waals surface area contributed by atoms with E-state index in [0.717, 1.165) is 31.5 Å². The van der Waals surface area contributed by atoms with E-state index in [1.54, 1.807) is 21.3 Å². The third-order valence-electron chi connectivity index (χ3n) is 4.23. The second-order valence-corrected chi connectivity index (χ2v) is 5.81. The van der Waals surface area contributed by atoms with Gasteiger partial charge in [0.1, 0.15) is 0 Å². The number of carbonyl (C=O) groups is 1. The Morgan fingerprint density at radius 2 is 1.96 bits per heavy atom. The van der Waals surface area contributed by atoms with Gasteiger partial charge in [0, 0.05) is 18.7 Å². The summed E-state index contributed by atoms with van der Waals surface area (Å²) in [6.07, 6.45) is 2.01. The summed E-state index contributed by atoms with van der Waals surface area (Å²) in [7, 11) is 6.79. The van der Waals surface area contributed by atoms with Crippen LogP contribution in [-0.4, -0.2) is 52.3 Å². The van der Waals surface area contributed by atoms with Gasteiger partial charge >= 0.3 is 0 Å². The molecule has 6 nitrogen and oxygen atoms in total. The molecule has 1 saturated heterocycles. The van der Waals surface area contributed by atoms with Gasteiger partial charge in [0.05, 0.1) is 27.2 Å². The second kappa shape index (κ2) is 8.06. The Kier molecular flexibility index (Phi) is 6.10. The third kappa shape index (κ3) is 4.07. The number of likely N-dealkylation sites (tertiary alicyclic amines) is 1. The van der Waals surface area contributed by atoms with Crippen LogP contribution in [0.25, 0.3) is 0 Å². The van der Waals surface area contributed by atoms with Gasteiger partial charge in [-0.1, -0.05) is 0 Å². The predicted molar refractivity (Wildman–Crippen MR) is 88.2 cm³/mol. The Hall–Kier alpha value is -1.95. The molecule has 1 aromatic carbocycles. The largest absolute Gasteiger partial charge is 0.493 e. The zero-order valence-electron chi connectivity index (χ0n) is 14.3. The standard InChI is InChI=1S/C17H26N2O4/c1-19-9-5-6-13(11-19)17(20)18-10-12-7-8-14(21-2)16(23-4)15(12)22-3/h7-8,13H,5-6,9-11H2,1-4H3,(H,18,20). The van der Waals surface area contributed by atoms with Crippen LogP contribution in [0.3, 0.4) is 0 Å². The minimum atomic E-state index is 0.0555. The first-order valence-corrected chi connectivity index (χ1v) is 7.84. The highest BCUT2D eigenvalue weighted by molar-refractivity contribution is 5.79. The molecule has 1 aliphatic rings. The minimum Gasteiger partial charge on any atom is -0.493 e. The molecule has 1 fully saturated rings. The van der Waals surface area contributed by atoms with Crippen molar-refractivity contribution in [1.29, 1.82) is 0 Å². The van der Waals surface area contributed by atoms with Gasteiger partial charge in [0.15, 0.2) is 11.5 Å². The lowest BCUT2D eigenvalue weighted by Crippen LogP contribution is -2.41. The molecular weight excluding hydrogens is 296 g/mol. The van der Waals surface area contributed by atoms with E-state index in [1.165, 1.54) is 0 Å². The molecule has 1 heterocycles. The van der Waals surface area contributed by atoms with Gasteiger partial charge in [0.25, 0.3) is 0 Å². The molecule has 0 bridgehead atoms. The maximum Gasteiger partial charge on any atom is 0.224 e. The lowest BCUT2D eigenvalue weighted by atomic mass is 9.97. The minimum absolute atomic E-state index is 0.0555. The molecule has 2 rings (SSSR count). The van der Waals surface area contributed by atoms with Crippen LogP contribution in [0.5, 0.6) is 17.2 Å². The molecule has 0 saturated carbocycles. The maximum atomic E-state index is 12.4. The van der Waals surface area contributed by atoms with E-state index in [2.05, 4.69) is 17.3 Å². The number of hydrogen-bond acceptors (Lipinski definition) is 5. The average molecular weight is 322 g/mol. The summed E-state index contributed by atoms with van der Waals surface area (Å²) in [6.45, 7) is 2.28. The number of ether oxygens (including phenoxy) is 3. The summed E-state index contributed by atoms with van der Waals surface area (Å²) in [6, 6.07) is 3.70. The molecule has 1 atom stereocenters. The van der Waals surface area contributed by atoms with Crippen LogP contribution in [-0.2, 0) is 11.3 Å². The molecule has 1 aromatic rings. The van der Waals surface area contributed by atoms with Crippen molar-refractivity contribution in [3.05, 3.63) is 17.7 Å². The topological polar surface area (TPSA) is 60.0 Å². The Morgan fingerprint density at radius 1 is 1.22 bits per heavy atom. The van der Waals surface area contributed by atoms with Crippen LogP contribution in [0.1, 0.15) is 18.4 Å². The van der Waals surface area contributed by atoms with Crippen LogP contribution in [0.15, 0.2) is 12.1 Å². The summed E-state index contributed by atoms with van der Waals surface area (Å²) >= 11 is 0. The summed E-state index contributed by atoms with van der Waals surface area (Å²) < 4.78 is 16.1. The van der Waals surface area contributed by atoms with Gasteiger partial charge in [-0.15, -0.1) is 0 Å². The van der Waals surface area contributed by atoms with E-state index in [-0.39, 0.29) is 11.8 Å². The third-order valence-corrected chi connectivity index (χ3v) is 4.23. The van der Waals surface area contributed by atoms with Crippen molar-refractivity contribution in [2.75, 3.05) is 41.5 Å². The van der Waals surface area contributed by atoms with E-state index in [0.29, 0.717) is 23.8 Å². The molecule has 0 spiro atoms. The van der Waals surface area contributed by atoms with Gasteiger partial charge in [-0.3, -0.25) is 4.79 Å². The average Bonchev–Trinajstić information content (AvgIpc) is 2.58. The van der Waals surface area contributed by atoms with Crippen molar-refractivity contribution in [2.24, 2.45) is 5.92 Å². The summed E-state index contributed by atoms with van der Waals surface area (Å²) in [5.74, 6) is 1.88. The van der Waals surface area contributed by atoms with E-state index in [1.807, 2.05) is 12.1 Å². The first-order chi connectivity index (χ1) is 11.1. The van der Waals surface area contributed by atoms with Crippen LogP contribution < -0.4 is 19.5 Å². The molecule has 1 unspecified atom stereocenters. The predicted octanol–water partition coefficient (Wildman–Crippen LogP) is 1.67. The number of nitrogens with zero attached hydrogens (tertiary/aromatic N) is 1. The van der Waals surface area contributed by atoms with Crippen molar-refractivity contribution >= 4 is 5.91 Å². The van der Waals surface area contributed by atoms with Crippen LogP contribution in [0.2, 0.25) is 0 Å². The lowest BCUT2D eigenvalue weighted by Gasteiger charge is -2.28. The van der Waals surface area contributed by atoms with Crippen molar-refractivity contribution in [1.82, 2.24) is 10.2 Å². The Morgan fingerprint density at radius 3 is 2.57 bits per heavy atom. The smallest absolute Gasteiger partial charge is 0.224 e. The highest BCUT2D eigenvalue weighted by Crippen LogP contribution is 2.39. The van der Waals surface area contributed by atoms with Gasteiger partial charge in [0.2, 0.25) is 11.7 Å². The quantitative estimate of drug-likeness (QED) is 0.863. The fourth-order valence-electron chi connectivity index (χ4n) is 3.01. The molecule has 1 N–H and O–H groups in total. The number of methoxy groups -OCH3 is 3. The molecule has 1 aliphatic heterocycles. The molecule has 6 heteroatoms. The van der Waals surface area contributed by atoms with Crippen LogP contribution in [0.4, 0.5) is 0 Å². The first-order valence-electron chi connectivity index (χ1n) is 7.84. The highest BCUT2D eigenvalue weighted by Gasteiger charge is 2.24. The normalized spacial score (nSPS) is 18.3. The zero-order valence-corrected chi connectivity index (χ0v) is 14.3. The fraction of sp³-hybridized carbons (Fsp3) is 0.588. The number of benzene rings is 1. The number of hydrogen-bond donors (Lipinski definition) is 1. The van der Waals surface area contributed by atoms with Gasteiger partial charge in [-0.05, 0) is 38.6 Å². The van der Waals surface area contributed by atoms with E-state index < -0.39 is 0 Å². The zero-order chi connectivity index (χ0) is 16.8. The van der Waals surface area contributed by atoms with Gasteiger partial charge < -0.3 is 24.4 Å². The fourth-order valence-corrected chi connectivity index (χ4v) is 3.01. The molecular formula is C17H26N2O4. The summed E-state index contributed by atoms with van der Waals surface area (Å²) in [5, 5.41) is 3.01. The van der Waals surface area contributed by atoms with Crippen LogP contribution in [0, 0.1) is 5.92 Å². The summed E-state index contributed by atoms with van der Waals surface area (Å²) in [5.41, 5.74) is 0.864. The number of amides is 1. The molecule has 0 radical (unpaired) electrons. The number of rotatable bonds is 6. The maximum absolute atomic E-state index is 12.4. The lowest BCUT2D eigenvalue weighted by molar-refractivity contribution is -0.126. The number of nitrogens with one attached hydrogen (secondary N) is 1. The summed E-state index contributed by atoms with van der Waals surface area (Å²) in [4.78, 5) is 14.6. The molecule has 0 aromatic heterocycles. The number of piperidine rings is 1. The van der Waals surface area contributed by atoms with Crippen molar-refractivity contribution in [2.45, 2.75) is 19.4 Å². The van der Waals surface area contributed by atoms with Crippen molar-refractivity contribution in [3.63, 3.8) is 0 Å². The Bertz CT molecular complexity index is 548. The Balaban J connectivity index is 2.06. The second-order valence-electron chi connectivity index (χ2n) is 5.81. The van der Waals surface area contributed by atoms with Crippen LogP contribution >= 0.6 is 0 Å². The van der Waals surface area contributed by atoms with E-state index in [4.69, 9.17) is 14.2 Å². The molecule has 0 aliphatic carbocycles. The highest BCUT2D eigenvalue weighted by atomic mass is 16.5. The Labute approximate surface area is 137 Å². The monoisotopic (exact) mass is 322 g/mol. The van der Waals surface area contributed by atoms with E-state index in [9.17, 15) is 4.79 Å². The van der Waals surface area contributed by atoms with Gasteiger partial charge in [-0.2, -0.15) is 0 Å². The first kappa shape index (κ1) is 17.4. The molecule has 23 heavy (non-hydrogen) atoms. The van der Waals surface area contributed by atoms with E-state index >= 15 is 0 Å². The molecule has 128 valence electrons. The molecule has 1 amide bonds. The van der Waals surface area contributed by atoms with Gasteiger partial charge in [-0.25, -0.2) is 0 Å². The number of carbonyl (C=O) groups excluding carboxylic acids is 1.